The first-order valence-corrected chi connectivity index (χ1v) is 5.92. The van der Waals surface area contributed by atoms with Gasteiger partial charge in [0.05, 0.1) is 0 Å². The van der Waals surface area contributed by atoms with Gasteiger partial charge in [-0.3, -0.25) is 0 Å². The topological polar surface area (TPSA) is 0 Å². The summed E-state index contributed by atoms with van der Waals surface area (Å²) in [6, 6.07) is 0. The van der Waals surface area contributed by atoms with Gasteiger partial charge >= 0.3 is 0 Å². The quantitative estimate of drug-likeness (QED) is 0.581. The molecular weight excluding hydrogens is 144 g/mol. The third kappa shape index (κ3) is 1.53. The highest BCUT2D eigenvalue weighted by molar-refractivity contribution is 4.84. The van der Waals surface area contributed by atoms with Crippen LogP contribution in [0.2, 0.25) is 0 Å². The molecule has 0 aromatic carbocycles. The van der Waals surface area contributed by atoms with E-state index in [2.05, 4.69) is 6.92 Å². The minimum atomic E-state index is 1.10. The van der Waals surface area contributed by atoms with Crippen LogP contribution in [0.3, 0.4) is 0 Å². The molecule has 0 aliphatic heterocycles. The minimum absolute atomic E-state index is 1.10. The van der Waals surface area contributed by atoms with E-state index < -0.39 is 0 Å². The highest BCUT2D eigenvalue weighted by atomic mass is 14.4. The Bertz CT molecular complexity index is 133. The molecular formula is C12H22. The van der Waals surface area contributed by atoms with E-state index in [1.807, 2.05) is 0 Å². The van der Waals surface area contributed by atoms with E-state index in [4.69, 9.17) is 0 Å². The molecule has 0 radical (unpaired) electrons. The van der Waals surface area contributed by atoms with Crippen molar-refractivity contribution in [2.45, 2.75) is 58.3 Å². The van der Waals surface area contributed by atoms with E-state index in [-0.39, 0.29) is 0 Å². The van der Waals surface area contributed by atoms with Gasteiger partial charge in [0.1, 0.15) is 0 Å². The van der Waals surface area contributed by atoms with Gasteiger partial charge in [0.2, 0.25) is 0 Å². The van der Waals surface area contributed by atoms with Gasteiger partial charge in [-0.1, -0.05) is 51.9 Å². The Hall–Kier alpha value is 0. The summed E-state index contributed by atoms with van der Waals surface area (Å²) in [5, 5.41) is 0. The lowest BCUT2D eigenvalue weighted by Crippen LogP contribution is -2.15. The molecule has 0 amide bonds. The van der Waals surface area contributed by atoms with Crippen LogP contribution >= 0.6 is 0 Å². The fourth-order valence-electron chi connectivity index (χ4n) is 3.58. The molecule has 0 aromatic heterocycles. The predicted molar refractivity (Wildman–Crippen MR) is 53.1 cm³/mol. The molecule has 0 saturated heterocycles. The normalized spacial score (nSPS) is 37.8. The Kier molecular flexibility index (Phi) is 2.73. The summed E-state index contributed by atoms with van der Waals surface area (Å²) in [4.78, 5) is 0. The van der Waals surface area contributed by atoms with E-state index in [0.717, 1.165) is 17.8 Å². The second-order valence-electron chi connectivity index (χ2n) is 4.81. The van der Waals surface area contributed by atoms with E-state index >= 15 is 0 Å². The molecule has 2 unspecified atom stereocenters. The van der Waals surface area contributed by atoms with Crippen LogP contribution in [0.5, 0.6) is 0 Å². The van der Waals surface area contributed by atoms with Crippen molar-refractivity contribution >= 4 is 0 Å². The van der Waals surface area contributed by atoms with Crippen molar-refractivity contribution in [3.05, 3.63) is 0 Å². The van der Waals surface area contributed by atoms with Crippen LogP contribution < -0.4 is 0 Å². The third-order valence-electron chi connectivity index (χ3n) is 4.25. The maximum atomic E-state index is 2.39. The summed E-state index contributed by atoms with van der Waals surface area (Å²) < 4.78 is 0. The number of hydrogen-bond donors (Lipinski definition) is 0. The average molecular weight is 166 g/mol. The number of rotatable bonds is 2. The maximum absolute atomic E-state index is 2.39. The first-order valence-electron chi connectivity index (χ1n) is 5.92. The van der Waals surface area contributed by atoms with Gasteiger partial charge in [-0.05, 0) is 24.2 Å². The van der Waals surface area contributed by atoms with Crippen LogP contribution in [0.25, 0.3) is 0 Å². The average Bonchev–Trinajstić information content (AvgIpc) is 2.74. The summed E-state index contributed by atoms with van der Waals surface area (Å²) in [5.41, 5.74) is 0. The molecule has 0 heterocycles. The largest absolute Gasteiger partial charge is 0.0651 e. The van der Waals surface area contributed by atoms with E-state index in [1.165, 1.54) is 32.1 Å². The maximum Gasteiger partial charge on any atom is -0.0358 e. The lowest BCUT2D eigenvalue weighted by molar-refractivity contribution is 0.259. The third-order valence-corrected chi connectivity index (χ3v) is 4.25. The zero-order chi connectivity index (χ0) is 8.39. The van der Waals surface area contributed by atoms with Crippen LogP contribution in [-0.4, -0.2) is 0 Å². The molecule has 2 fully saturated rings. The van der Waals surface area contributed by atoms with Gasteiger partial charge in [-0.15, -0.1) is 0 Å². The molecule has 2 atom stereocenters. The van der Waals surface area contributed by atoms with Crippen molar-refractivity contribution in [2.75, 3.05) is 0 Å². The second-order valence-corrected chi connectivity index (χ2v) is 4.81. The highest BCUT2D eigenvalue weighted by Gasteiger charge is 2.33. The Morgan fingerprint density at radius 3 is 2.33 bits per heavy atom. The van der Waals surface area contributed by atoms with Gasteiger partial charge < -0.3 is 0 Å². The van der Waals surface area contributed by atoms with E-state index in [0.29, 0.717) is 0 Å². The summed E-state index contributed by atoms with van der Waals surface area (Å²) in [5.74, 6) is 3.38. The minimum Gasteiger partial charge on any atom is -0.0651 e. The molecule has 12 heavy (non-hydrogen) atoms. The van der Waals surface area contributed by atoms with Crippen molar-refractivity contribution in [1.82, 2.24) is 0 Å². The van der Waals surface area contributed by atoms with Crippen molar-refractivity contribution in [3.8, 4) is 0 Å². The zero-order valence-electron chi connectivity index (χ0n) is 8.39. The van der Waals surface area contributed by atoms with Gasteiger partial charge in [-0.25, -0.2) is 0 Å². The van der Waals surface area contributed by atoms with Crippen molar-refractivity contribution in [1.29, 1.82) is 0 Å². The molecule has 2 saturated carbocycles. The standard InChI is InChI=1S/C12H22/c1-2-10-8-5-9-12(10)11-6-3-4-7-11/h10-12H,2-9H2,1H3. The molecule has 0 heteroatoms. The van der Waals surface area contributed by atoms with E-state index in [9.17, 15) is 0 Å². The summed E-state index contributed by atoms with van der Waals surface area (Å²) in [6.07, 6.45) is 12.2. The molecule has 2 rings (SSSR count). The van der Waals surface area contributed by atoms with Crippen LogP contribution in [0.15, 0.2) is 0 Å². The Labute approximate surface area is 76.7 Å². The molecule has 2 aliphatic carbocycles. The molecule has 0 nitrogen and oxygen atoms in total. The molecule has 0 N–H and O–H groups in total. The van der Waals surface area contributed by atoms with Crippen molar-refractivity contribution in [2.24, 2.45) is 17.8 Å². The van der Waals surface area contributed by atoms with Gasteiger partial charge in [0.15, 0.2) is 0 Å². The molecule has 2 aliphatic rings. The first kappa shape index (κ1) is 8.59. The molecule has 70 valence electrons. The Morgan fingerprint density at radius 2 is 1.67 bits per heavy atom. The summed E-state index contributed by atoms with van der Waals surface area (Å²) >= 11 is 0. The van der Waals surface area contributed by atoms with Crippen LogP contribution in [-0.2, 0) is 0 Å². The lowest BCUT2D eigenvalue weighted by Gasteiger charge is -2.24. The molecule has 0 aromatic rings. The van der Waals surface area contributed by atoms with Crippen LogP contribution in [0, 0.1) is 17.8 Å². The number of hydrogen-bond acceptors (Lipinski definition) is 0. The molecule has 0 bridgehead atoms. The van der Waals surface area contributed by atoms with Crippen molar-refractivity contribution < 1.29 is 0 Å². The first-order chi connectivity index (χ1) is 5.92. The monoisotopic (exact) mass is 166 g/mol. The second kappa shape index (κ2) is 3.81. The fraction of sp³-hybridized carbons (Fsp3) is 1.00. The zero-order valence-corrected chi connectivity index (χ0v) is 8.39. The molecule has 0 spiro atoms. The Balaban J connectivity index is 1.92. The smallest absolute Gasteiger partial charge is 0.0358 e. The SMILES string of the molecule is CCC1CCCC1C1CCCC1. The van der Waals surface area contributed by atoms with Gasteiger partial charge in [-0.2, -0.15) is 0 Å². The van der Waals surface area contributed by atoms with E-state index in [1.54, 1.807) is 19.3 Å². The predicted octanol–water partition coefficient (Wildman–Crippen LogP) is 4.00. The summed E-state index contributed by atoms with van der Waals surface area (Å²) in [7, 11) is 0. The fourth-order valence-corrected chi connectivity index (χ4v) is 3.58. The highest BCUT2D eigenvalue weighted by Crippen LogP contribution is 2.44. The van der Waals surface area contributed by atoms with Crippen molar-refractivity contribution in [3.63, 3.8) is 0 Å². The van der Waals surface area contributed by atoms with Crippen LogP contribution in [0.1, 0.15) is 58.3 Å². The van der Waals surface area contributed by atoms with Gasteiger partial charge in [0.25, 0.3) is 0 Å². The Morgan fingerprint density at radius 1 is 0.917 bits per heavy atom. The van der Waals surface area contributed by atoms with Crippen LogP contribution in [0.4, 0.5) is 0 Å². The van der Waals surface area contributed by atoms with Gasteiger partial charge in [0, 0.05) is 0 Å². The lowest BCUT2D eigenvalue weighted by atomic mass is 9.82. The summed E-state index contributed by atoms with van der Waals surface area (Å²) in [6.45, 7) is 2.39.